The van der Waals surface area contributed by atoms with E-state index in [9.17, 15) is 10.5 Å². The Hall–Kier alpha value is -18.9. The van der Waals surface area contributed by atoms with Crippen molar-refractivity contribution in [3.05, 3.63) is 616 Å². The van der Waals surface area contributed by atoms with Crippen LogP contribution in [0.2, 0.25) is 0 Å². The van der Waals surface area contributed by atoms with Gasteiger partial charge in [0, 0.05) is 56.3 Å². The smallest absolute Gasteiger partial charge is 0.148 e. The minimum absolute atomic E-state index is 0.126. The minimum atomic E-state index is -0.522. The lowest BCUT2D eigenvalue weighted by Crippen LogP contribution is -2.26. The molecule has 0 N–H and O–H groups in total. The topological polar surface area (TPSA) is 57.3 Å². The number of benzene rings is 22. The molecule has 22 aromatic rings. The zero-order valence-electron chi connectivity index (χ0n) is 82.6. The van der Waals surface area contributed by atoms with Gasteiger partial charge in [-0.15, -0.1) is 0 Å². The van der Waals surface area contributed by atoms with E-state index < -0.39 is 22.1 Å². The van der Waals surface area contributed by atoms with E-state index in [-0.39, 0.29) is 10.8 Å². The van der Waals surface area contributed by atoms with Crippen molar-refractivity contribution in [1.82, 2.24) is 0 Å². The minimum Gasteiger partial charge on any atom is -0.310 e. The van der Waals surface area contributed by atoms with Gasteiger partial charge in [-0.2, -0.15) is 10.5 Å². The lowest BCUT2D eigenvalue weighted by molar-refractivity contribution is 0.628. The van der Waals surface area contributed by atoms with Crippen LogP contribution in [0.4, 0.5) is 55.6 Å². The monoisotopic (exact) mass is 1900 g/mol. The van der Waals surface area contributed by atoms with Crippen LogP contribution in [0.25, 0.3) is 111 Å². The highest BCUT2D eigenvalue weighted by molar-refractivity contribution is 6.02. The van der Waals surface area contributed by atoms with Crippen molar-refractivity contribution in [3.8, 4) is 123 Å². The largest absolute Gasteiger partial charge is 0.310 e. The van der Waals surface area contributed by atoms with Crippen molar-refractivity contribution in [2.24, 2.45) is 0 Å². The molecule has 6 heteroatoms. The molecule has 0 amide bonds. The third kappa shape index (κ3) is 12.9. The first-order valence-corrected chi connectivity index (χ1v) is 51.5. The van der Waals surface area contributed by atoms with Gasteiger partial charge in [-0.3, -0.25) is 0 Å². The summed E-state index contributed by atoms with van der Waals surface area (Å²) in [6, 6.07) is 188. The van der Waals surface area contributed by atoms with E-state index in [4.69, 9.17) is 0 Å². The van der Waals surface area contributed by atoms with Crippen molar-refractivity contribution in [2.75, 3.05) is 14.7 Å². The van der Waals surface area contributed by atoms with E-state index in [1.807, 2.05) is 17.0 Å². The van der Waals surface area contributed by atoms with Crippen LogP contribution in [0.1, 0.15) is 128 Å². The quantitative estimate of drug-likeness (QED) is 0.129. The zero-order chi connectivity index (χ0) is 99.8. The van der Waals surface area contributed by atoms with Crippen molar-refractivity contribution in [1.29, 1.82) is 10.5 Å². The second-order valence-electron chi connectivity index (χ2n) is 41.4. The predicted octanol–water partition coefficient (Wildman–Crippen LogP) is 36.3. The van der Waals surface area contributed by atoms with Crippen LogP contribution in [0.5, 0.6) is 0 Å². The van der Waals surface area contributed by atoms with Gasteiger partial charge in [-0.1, -0.05) is 410 Å². The van der Waals surface area contributed by atoms with Crippen molar-refractivity contribution < 1.29 is 4.39 Å². The Morgan fingerprint density at radius 2 is 0.362 bits per heavy atom. The van der Waals surface area contributed by atoms with Gasteiger partial charge in [0.25, 0.3) is 0 Å². The van der Waals surface area contributed by atoms with Crippen LogP contribution in [0.3, 0.4) is 0 Å². The Morgan fingerprint density at radius 1 is 0.168 bits per heavy atom. The summed E-state index contributed by atoms with van der Waals surface area (Å²) in [5, 5.41) is 19.3. The molecule has 149 heavy (non-hydrogen) atoms. The summed E-state index contributed by atoms with van der Waals surface area (Å²) < 4.78 is 16.3. The molecule has 0 unspecified atom stereocenters. The van der Waals surface area contributed by atoms with Crippen molar-refractivity contribution in [3.63, 3.8) is 0 Å². The third-order valence-corrected chi connectivity index (χ3v) is 33.4. The summed E-state index contributed by atoms with van der Waals surface area (Å²) in [7, 11) is 0. The molecule has 0 aromatic heterocycles. The number of halogens is 1. The van der Waals surface area contributed by atoms with Gasteiger partial charge in [-0.25, -0.2) is 4.39 Å². The first-order chi connectivity index (χ1) is 73.2. The van der Waals surface area contributed by atoms with Gasteiger partial charge in [0.05, 0.1) is 45.2 Å². The highest BCUT2D eigenvalue weighted by Crippen LogP contribution is 2.69. The average molecular weight is 1900 g/mol. The number of hydrogen-bond acceptors (Lipinski definition) is 5. The number of fused-ring (bicyclic) bond motifs is 36. The maximum atomic E-state index is 16.3. The second-order valence-corrected chi connectivity index (χ2v) is 41.4. The molecule has 0 radical (unpaired) electrons. The highest BCUT2D eigenvalue weighted by atomic mass is 19.1. The van der Waals surface area contributed by atoms with E-state index in [0.717, 1.165) is 45.5 Å². The summed E-state index contributed by atoms with van der Waals surface area (Å²) in [6.45, 7) is 9.19. The van der Waals surface area contributed by atoms with Gasteiger partial charge >= 0.3 is 0 Å². The molecule has 0 saturated heterocycles. The summed E-state index contributed by atoms with van der Waals surface area (Å²) in [5.41, 5.74) is 54.0. The summed E-state index contributed by atoms with van der Waals surface area (Å²) in [6.07, 6.45) is 0. The van der Waals surface area contributed by atoms with E-state index in [1.165, 1.54) is 206 Å². The maximum absolute atomic E-state index is 16.3. The van der Waals surface area contributed by atoms with Gasteiger partial charge in [-0.05, 0) is 328 Å². The molecule has 3 spiro atoms. The normalized spacial score (nSPS) is 14.1. The Balaban J connectivity index is 0.000000108. The molecule has 0 fully saturated rings. The number of anilines is 9. The molecule has 0 atom stereocenters. The number of nitrogens with zero attached hydrogens (tertiary/aromatic N) is 5. The fourth-order valence-corrected chi connectivity index (χ4v) is 27.0. The Bertz CT molecular complexity index is 9130. The molecule has 22 aromatic carbocycles. The number of nitriles is 2. The lowest BCUT2D eigenvalue weighted by Gasteiger charge is -2.32. The number of rotatable bonds is 11. The highest BCUT2D eigenvalue weighted by Gasteiger charge is 2.56. The molecule has 8 aliphatic carbocycles. The average Bonchev–Trinajstić information content (AvgIpc) is 1.51. The number of hydrogen-bond donors (Lipinski definition) is 0. The van der Waals surface area contributed by atoms with Gasteiger partial charge in [0.1, 0.15) is 5.82 Å². The molecule has 0 aliphatic heterocycles. The molecule has 5 nitrogen and oxygen atoms in total. The lowest BCUT2D eigenvalue weighted by atomic mass is 9.70. The van der Waals surface area contributed by atoms with Gasteiger partial charge in [0.15, 0.2) is 0 Å². The van der Waals surface area contributed by atoms with E-state index in [0.29, 0.717) is 16.8 Å². The van der Waals surface area contributed by atoms with Crippen molar-refractivity contribution >= 4 is 51.2 Å². The Labute approximate surface area is 868 Å². The zero-order valence-corrected chi connectivity index (χ0v) is 82.6. The molecular formula is C143H96FN5. The predicted molar refractivity (Wildman–Crippen MR) is 608 cm³/mol. The molecule has 30 rings (SSSR count). The summed E-state index contributed by atoms with van der Waals surface area (Å²) in [4.78, 5) is 6.80. The molecule has 700 valence electrons. The first kappa shape index (κ1) is 87.9. The SMILES string of the molecule is CC1(C)c2ccccc2-c2ccc(N(c3ccc(C#N)cc3)c3ccc4c(c3)C3(c5ccccc5-c5ccccc53)c3ccccc3-4)cc21.CC1(C)c2ccccc2-c2ccc(N(c3ccc4c(c3)C3(c5ccccc5-c5ccccc53)c3ccccc3-4)c3ccc(C#N)cc3F)cc21.c1ccc(-c2ccc(N(c3ccc(-c4ccccc4)cc3)c3ccc4c(c3)C3(c5ccccc5-c5ccccc53)c3ccccc3-4)cc2)cc1. The molecule has 0 saturated carbocycles. The Kier molecular flexibility index (Phi) is 20.0. The summed E-state index contributed by atoms with van der Waals surface area (Å²) in [5.74, 6) is -0.442. The van der Waals surface area contributed by atoms with E-state index in [1.54, 1.807) is 12.1 Å². The molecule has 8 aliphatic rings. The van der Waals surface area contributed by atoms with Crippen LogP contribution >= 0.6 is 0 Å². The second kappa shape index (κ2) is 33.9. The third-order valence-electron chi connectivity index (χ3n) is 33.4. The van der Waals surface area contributed by atoms with Gasteiger partial charge in [0.2, 0.25) is 0 Å². The van der Waals surface area contributed by atoms with Crippen LogP contribution in [0.15, 0.2) is 510 Å². The standard InChI is InChI=1S/C49H33N.C47H31FN2.C47H32N2/c1-3-13-34(14-4-1)36-23-27-38(28-24-36)50(39-29-25-37(26-30-39)35-15-5-2-6-16-35)40-31-32-44-43-19-9-12-22-47(43)49(48(44)33-40)45-20-10-7-17-41(45)42-18-8-11-21-46(42)49;1-46(2)38-15-7-3-11-32(38)36-22-20-30(26-42(36)46)50(45-24-19-29(28-49)25-44(45)48)31-21-23-37-35-14-6-10-18-41(35)47(43(37)27-31)39-16-8-4-12-33(39)34-13-5-9-17-40(34)47;1-46(2)40-15-7-3-11-34(40)38-25-23-32(27-44(38)46)49(31-21-19-30(29-48)20-22-31)33-24-26-39-37-14-6-10-18-43(37)47(45(39)28-33)41-16-8-4-12-35(41)36-13-5-9-17-42(36)47/h1-33H;3-27H,1-2H3;3-28H,1-2H3. The first-order valence-electron chi connectivity index (χ1n) is 51.5. The van der Waals surface area contributed by atoms with Crippen molar-refractivity contribution in [2.45, 2.75) is 54.8 Å². The van der Waals surface area contributed by atoms with E-state index >= 15 is 4.39 Å². The fourth-order valence-electron chi connectivity index (χ4n) is 27.0. The molecule has 0 bridgehead atoms. The van der Waals surface area contributed by atoms with Gasteiger partial charge < -0.3 is 14.7 Å². The fraction of sp³-hybridized carbons (Fsp3) is 0.0629. The summed E-state index contributed by atoms with van der Waals surface area (Å²) >= 11 is 0. The van der Waals surface area contributed by atoms with Crippen LogP contribution in [0, 0.1) is 28.5 Å². The van der Waals surface area contributed by atoms with Crippen LogP contribution in [-0.2, 0) is 27.1 Å². The van der Waals surface area contributed by atoms with Crippen LogP contribution < -0.4 is 14.7 Å². The molecule has 0 heterocycles. The Morgan fingerprint density at radius 3 is 0.631 bits per heavy atom. The molecular weight excluding hydrogens is 1810 g/mol. The maximum Gasteiger partial charge on any atom is 0.148 e. The van der Waals surface area contributed by atoms with E-state index in [2.05, 4.69) is 529 Å². The van der Waals surface area contributed by atoms with Crippen LogP contribution in [-0.4, -0.2) is 0 Å².